The Morgan fingerprint density at radius 2 is 1.77 bits per heavy atom. The molecule has 3 rings (SSSR count). The predicted molar refractivity (Wildman–Crippen MR) is 146 cm³/mol. The molecule has 8 heteroatoms. The topological polar surface area (TPSA) is 108 Å². The second-order valence-electron chi connectivity index (χ2n) is 11.1. The Morgan fingerprint density at radius 3 is 2.41 bits per heavy atom. The van der Waals surface area contributed by atoms with E-state index in [9.17, 15) is 14.4 Å². The number of hydrogen-bond acceptors (Lipinski definition) is 7. The maximum Gasteiger partial charge on any atom is 0.303 e. The SMILES string of the molecule is CC#CCC(C)[C@@H](C=C[C@H]1[C@H](OC2CCCCO2)CC(=O)[C@@H]1CC(=O)CCCCC(=O)O)OC1CCCCO1. The van der Waals surface area contributed by atoms with Gasteiger partial charge in [0.2, 0.25) is 0 Å². The van der Waals surface area contributed by atoms with Crippen molar-refractivity contribution >= 4 is 17.5 Å². The number of unbranched alkanes of at least 4 members (excludes halogenated alkanes) is 1. The molecule has 7 atom stereocenters. The first kappa shape index (κ1) is 31.5. The average molecular weight is 547 g/mol. The molecule has 1 saturated carbocycles. The van der Waals surface area contributed by atoms with E-state index >= 15 is 0 Å². The monoisotopic (exact) mass is 546 g/mol. The van der Waals surface area contributed by atoms with Crippen molar-refractivity contribution in [3.8, 4) is 11.8 Å². The lowest BCUT2D eigenvalue weighted by atomic mass is 9.87. The summed E-state index contributed by atoms with van der Waals surface area (Å²) < 4.78 is 24.3. The number of rotatable bonds is 15. The maximum absolute atomic E-state index is 13.2. The van der Waals surface area contributed by atoms with Crippen LogP contribution in [0.1, 0.15) is 97.3 Å². The standard InChI is InChI=1S/C31H46O8/c1-3-4-11-22(2)27(38-30-14-7-9-18-36-30)17-16-24-25(20-23(32)12-5-6-13-29(34)35)26(33)21-28(24)39-31-15-8-10-19-37-31/h16-17,22,24-25,27-28,30-31H,5-15,18-21H2,1-2H3,(H,34,35)/t22?,24-,25-,27-,28-,30?,31?/m1/s1. The zero-order chi connectivity index (χ0) is 28.0. The van der Waals surface area contributed by atoms with Gasteiger partial charge in [-0.05, 0) is 64.2 Å². The van der Waals surface area contributed by atoms with Crippen LogP contribution in [-0.2, 0) is 33.3 Å². The Labute approximate surface area is 233 Å². The molecule has 0 aromatic carbocycles. The van der Waals surface area contributed by atoms with Gasteiger partial charge in [-0.25, -0.2) is 0 Å². The predicted octanol–water partition coefficient (Wildman–Crippen LogP) is 5.23. The minimum Gasteiger partial charge on any atom is -0.481 e. The van der Waals surface area contributed by atoms with Gasteiger partial charge in [0, 0.05) is 57.2 Å². The summed E-state index contributed by atoms with van der Waals surface area (Å²) in [4.78, 5) is 36.8. The van der Waals surface area contributed by atoms with Crippen molar-refractivity contribution in [3.63, 3.8) is 0 Å². The molecule has 2 heterocycles. The first-order chi connectivity index (χ1) is 18.9. The summed E-state index contributed by atoms with van der Waals surface area (Å²) in [7, 11) is 0. The number of carboxylic acids is 1. The molecule has 3 fully saturated rings. The van der Waals surface area contributed by atoms with Gasteiger partial charge in [-0.15, -0.1) is 11.8 Å². The van der Waals surface area contributed by atoms with E-state index in [0.717, 1.165) is 38.5 Å². The van der Waals surface area contributed by atoms with Crippen LogP contribution < -0.4 is 0 Å². The molecule has 8 nitrogen and oxygen atoms in total. The van der Waals surface area contributed by atoms with Gasteiger partial charge in [-0.2, -0.15) is 0 Å². The highest BCUT2D eigenvalue weighted by Gasteiger charge is 2.44. The minimum absolute atomic E-state index is 0.0123. The quantitative estimate of drug-likeness (QED) is 0.169. The number of ether oxygens (including phenoxy) is 4. The minimum atomic E-state index is -0.863. The van der Waals surface area contributed by atoms with Gasteiger partial charge in [0.05, 0.1) is 12.2 Å². The first-order valence-corrected chi connectivity index (χ1v) is 14.8. The van der Waals surface area contributed by atoms with Gasteiger partial charge in [-0.1, -0.05) is 19.1 Å². The van der Waals surface area contributed by atoms with E-state index in [-0.39, 0.29) is 73.9 Å². The highest BCUT2D eigenvalue weighted by molar-refractivity contribution is 5.90. The van der Waals surface area contributed by atoms with Crippen LogP contribution in [-0.4, -0.2) is 60.6 Å². The molecule has 3 unspecified atom stereocenters. The summed E-state index contributed by atoms with van der Waals surface area (Å²) in [5, 5.41) is 8.85. The van der Waals surface area contributed by atoms with E-state index in [2.05, 4.69) is 18.8 Å². The van der Waals surface area contributed by atoms with Crippen molar-refractivity contribution in [2.24, 2.45) is 17.8 Å². The molecular weight excluding hydrogens is 500 g/mol. The molecule has 0 amide bonds. The Hall–Kier alpha value is -2.05. The second-order valence-corrected chi connectivity index (χ2v) is 11.1. The smallest absolute Gasteiger partial charge is 0.303 e. The summed E-state index contributed by atoms with van der Waals surface area (Å²) >= 11 is 0. The number of ketones is 2. The van der Waals surface area contributed by atoms with Crippen molar-refractivity contribution < 1.29 is 38.4 Å². The van der Waals surface area contributed by atoms with E-state index in [4.69, 9.17) is 24.1 Å². The molecule has 218 valence electrons. The van der Waals surface area contributed by atoms with Crippen molar-refractivity contribution in [1.82, 2.24) is 0 Å². The lowest BCUT2D eigenvalue weighted by Gasteiger charge is -2.30. The fourth-order valence-electron chi connectivity index (χ4n) is 5.55. The first-order valence-electron chi connectivity index (χ1n) is 14.8. The Morgan fingerprint density at radius 1 is 1.08 bits per heavy atom. The molecule has 1 N–H and O–H groups in total. The fourth-order valence-corrected chi connectivity index (χ4v) is 5.55. The van der Waals surface area contributed by atoms with Crippen LogP contribution in [0.25, 0.3) is 0 Å². The number of carbonyl (C=O) groups excluding carboxylic acids is 2. The van der Waals surface area contributed by atoms with Crippen molar-refractivity contribution in [3.05, 3.63) is 12.2 Å². The molecular formula is C31H46O8. The zero-order valence-corrected chi connectivity index (χ0v) is 23.6. The maximum atomic E-state index is 13.2. The van der Waals surface area contributed by atoms with Crippen LogP contribution in [0.4, 0.5) is 0 Å². The highest BCUT2D eigenvalue weighted by Crippen LogP contribution is 2.37. The molecule has 2 aliphatic heterocycles. The molecule has 3 aliphatic rings. The van der Waals surface area contributed by atoms with Gasteiger partial charge in [0.1, 0.15) is 11.6 Å². The molecule has 0 radical (unpaired) electrons. The van der Waals surface area contributed by atoms with E-state index in [1.165, 1.54) is 0 Å². The largest absolute Gasteiger partial charge is 0.481 e. The number of carbonyl (C=O) groups is 3. The van der Waals surface area contributed by atoms with Crippen LogP contribution in [0.2, 0.25) is 0 Å². The third kappa shape index (κ3) is 10.8. The summed E-state index contributed by atoms with van der Waals surface area (Å²) in [5.74, 6) is 4.64. The van der Waals surface area contributed by atoms with Crippen LogP contribution in [0.3, 0.4) is 0 Å². The number of aliphatic carboxylic acids is 1. The van der Waals surface area contributed by atoms with Gasteiger partial charge < -0.3 is 24.1 Å². The summed E-state index contributed by atoms with van der Waals surface area (Å²) in [6.07, 6.45) is 11.0. The van der Waals surface area contributed by atoms with Crippen molar-refractivity contribution in [2.45, 2.75) is 122 Å². The van der Waals surface area contributed by atoms with Gasteiger partial charge in [0.15, 0.2) is 12.6 Å². The normalized spacial score (nSPS) is 29.1. The van der Waals surface area contributed by atoms with E-state index < -0.39 is 11.9 Å². The van der Waals surface area contributed by atoms with Crippen LogP contribution in [0.5, 0.6) is 0 Å². The third-order valence-corrected chi connectivity index (χ3v) is 7.85. The number of hydrogen-bond donors (Lipinski definition) is 1. The summed E-state index contributed by atoms with van der Waals surface area (Å²) in [5.41, 5.74) is 0. The highest BCUT2D eigenvalue weighted by atomic mass is 16.7. The summed E-state index contributed by atoms with van der Waals surface area (Å²) in [6, 6.07) is 0. The van der Waals surface area contributed by atoms with E-state index in [0.29, 0.717) is 32.5 Å². The average Bonchev–Trinajstić information content (AvgIpc) is 3.21. The zero-order valence-electron chi connectivity index (χ0n) is 23.6. The van der Waals surface area contributed by atoms with Crippen molar-refractivity contribution in [1.29, 1.82) is 0 Å². The van der Waals surface area contributed by atoms with Crippen LogP contribution in [0, 0.1) is 29.6 Å². The third-order valence-electron chi connectivity index (χ3n) is 7.85. The van der Waals surface area contributed by atoms with Gasteiger partial charge >= 0.3 is 5.97 Å². The lowest BCUT2D eigenvalue weighted by molar-refractivity contribution is -0.193. The second kappa shape index (κ2) is 16.9. The summed E-state index contributed by atoms with van der Waals surface area (Å²) in [6.45, 7) is 5.27. The molecule has 0 aromatic rings. The Balaban J connectivity index is 1.74. The molecule has 2 saturated heterocycles. The molecule has 0 bridgehead atoms. The Kier molecular flexibility index (Phi) is 13.7. The molecule has 0 aromatic heterocycles. The fraction of sp³-hybridized carbons (Fsp3) is 0.774. The molecule has 0 spiro atoms. The number of Topliss-reactive ketones (excluding diaryl/α,β-unsaturated/α-hetero) is 2. The van der Waals surface area contributed by atoms with Crippen LogP contribution >= 0.6 is 0 Å². The van der Waals surface area contributed by atoms with E-state index in [1.54, 1.807) is 0 Å². The Bertz CT molecular complexity index is 875. The van der Waals surface area contributed by atoms with E-state index in [1.807, 2.05) is 19.1 Å². The lowest BCUT2D eigenvalue weighted by Crippen LogP contribution is -2.32. The van der Waals surface area contributed by atoms with Gasteiger partial charge in [-0.3, -0.25) is 14.4 Å². The van der Waals surface area contributed by atoms with Crippen LogP contribution in [0.15, 0.2) is 12.2 Å². The molecule has 1 aliphatic carbocycles. The van der Waals surface area contributed by atoms with Crippen molar-refractivity contribution in [2.75, 3.05) is 13.2 Å². The number of carboxylic acid groups (broad SMARTS) is 1. The van der Waals surface area contributed by atoms with Gasteiger partial charge in [0.25, 0.3) is 0 Å². The molecule has 39 heavy (non-hydrogen) atoms.